The SMILES string of the molecule is Cn1cc(C(=O)N2CCC3(CCc4c3nc(C3CC3)[nH]c4=O)CC2)c(=O)[nH]c1=O. The maximum absolute atomic E-state index is 12.9. The molecular weight excluding hydrogens is 374 g/mol. The molecule has 1 aliphatic heterocycles. The summed E-state index contributed by atoms with van der Waals surface area (Å²) in [5.74, 6) is 0.821. The lowest BCUT2D eigenvalue weighted by molar-refractivity contribution is 0.0660. The lowest BCUT2D eigenvalue weighted by Gasteiger charge is -2.39. The van der Waals surface area contributed by atoms with Crippen LogP contribution in [-0.4, -0.2) is 43.4 Å². The van der Waals surface area contributed by atoms with Gasteiger partial charge in [-0.2, -0.15) is 0 Å². The summed E-state index contributed by atoms with van der Waals surface area (Å²) in [5, 5.41) is 0. The summed E-state index contributed by atoms with van der Waals surface area (Å²) >= 11 is 0. The largest absolute Gasteiger partial charge is 0.338 e. The van der Waals surface area contributed by atoms with Gasteiger partial charge in [0.1, 0.15) is 11.4 Å². The number of amides is 1. The van der Waals surface area contributed by atoms with Gasteiger partial charge in [0.05, 0.1) is 5.69 Å². The standard InChI is InChI=1S/C20H23N5O4/c1-24-10-13(17(27)23-19(24)29)18(28)25-8-6-20(7-9-25)5-4-12-14(20)21-15(11-2-3-11)22-16(12)26/h10-11H,2-9H2,1H3,(H,21,22,26)(H,23,27,29). The molecule has 1 saturated heterocycles. The number of carbonyl (C=O) groups is 1. The normalized spacial score (nSPS) is 20.1. The Hall–Kier alpha value is -2.97. The van der Waals surface area contributed by atoms with Crippen molar-refractivity contribution in [1.82, 2.24) is 24.4 Å². The molecule has 0 bridgehead atoms. The van der Waals surface area contributed by atoms with Gasteiger partial charge in [-0.05, 0) is 38.5 Å². The molecule has 2 aliphatic carbocycles. The zero-order valence-corrected chi connectivity index (χ0v) is 16.3. The van der Waals surface area contributed by atoms with Gasteiger partial charge in [0.25, 0.3) is 17.0 Å². The molecule has 5 rings (SSSR count). The van der Waals surface area contributed by atoms with Gasteiger partial charge >= 0.3 is 5.69 Å². The highest BCUT2D eigenvalue weighted by Crippen LogP contribution is 2.46. The molecule has 0 unspecified atom stereocenters. The average Bonchev–Trinajstić information content (AvgIpc) is 3.49. The summed E-state index contributed by atoms with van der Waals surface area (Å²) in [6.45, 7) is 0.988. The van der Waals surface area contributed by atoms with Crippen LogP contribution in [0.1, 0.15) is 65.5 Å². The predicted molar refractivity (Wildman–Crippen MR) is 104 cm³/mol. The second kappa shape index (κ2) is 6.27. The molecule has 9 heteroatoms. The van der Waals surface area contributed by atoms with E-state index in [0.717, 1.165) is 55.6 Å². The predicted octanol–water partition coefficient (Wildman–Crippen LogP) is 0.155. The van der Waals surface area contributed by atoms with Crippen molar-refractivity contribution in [3.05, 3.63) is 60.0 Å². The first-order valence-electron chi connectivity index (χ1n) is 10.1. The first kappa shape index (κ1) is 18.1. The van der Waals surface area contributed by atoms with Gasteiger partial charge in [0, 0.05) is 43.2 Å². The van der Waals surface area contributed by atoms with Gasteiger partial charge in [-0.3, -0.25) is 19.4 Å². The van der Waals surface area contributed by atoms with E-state index in [1.54, 1.807) is 4.90 Å². The zero-order valence-electron chi connectivity index (χ0n) is 16.3. The van der Waals surface area contributed by atoms with Crippen LogP contribution in [0.2, 0.25) is 0 Å². The number of nitrogens with one attached hydrogen (secondary N) is 2. The van der Waals surface area contributed by atoms with Crippen LogP contribution in [-0.2, 0) is 18.9 Å². The van der Waals surface area contributed by atoms with Gasteiger partial charge in [0.2, 0.25) is 0 Å². The number of hydrogen-bond acceptors (Lipinski definition) is 5. The van der Waals surface area contributed by atoms with E-state index in [1.807, 2.05) is 0 Å². The fourth-order valence-corrected chi connectivity index (χ4v) is 4.73. The molecule has 1 amide bonds. The number of hydrogen-bond donors (Lipinski definition) is 2. The van der Waals surface area contributed by atoms with E-state index in [4.69, 9.17) is 4.98 Å². The lowest BCUT2D eigenvalue weighted by Crippen LogP contribution is -2.46. The highest BCUT2D eigenvalue weighted by molar-refractivity contribution is 5.93. The molecule has 0 atom stereocenters. The van der Waals surface area contributed by atoms with Gasteiger partial charge in [-0.15, -0.1) is 0 Å². The summed E-state index contributed by atoms with van der Waals surface area (Å²) in [4.78, 5) is 60.6. The number of aryl methyl sites for hydroxylation is 1. The maximum Gasteiger partial charge on any atom is 0.328 e. The molecule has 2 N–H and O–H groups in total. The zero-order chi connectivity index (χ0) is 20.3. The van der Waals surface area contributed by atoms with Crippen LogP contribution in [0.3, 0.4) is 0 Å². The Balaban J connectivity index is 1.40. The molecule has 2 aromatic rings. The molecule has 2 aromatic heterocycles. The third-order valence-electron chi connectivity index (χ3n) is 6.70. The van der Waals surface area contributed by atoms with Crippen molar-refractivity contribution in [2.75, 3.05) is 13.1 Å². The average molecular weight is 397 g/mol. The van der Waals surface area contributed by atoms with Crippen LogP contribution < -0.4 is 16.8 Å². The first-order chi connectivity index (χ1) is 13.9. The van der Waals surface area contributed by atoms with Gasteiger partial charge in [-0.25, -0.2) is 9.78 Å². The van der Waals surface area contributed by atoms with Gasteiger partial charge < -0.3 is 14.5 Å². The van der Waals surface area contributed by atoms with E-state index in [9.17, 15) is 19.2 Å². The minimum atomic E-state index is -0.660. The number of piperidine rings is 1. The third-order valence-corrected chi connectivity index (χ3v) is 6.70. The number of rotatable bonds is 2. The van der Waals surface area contributed by atoms with Crippen molar-refractivity contribution in [2.24, 2.45) is 7.05 Å². The van der Waals surface area contributed by atoms with E-state index >= 15 is 0 Å². The molecule has 0 aromatic carbocycles. The molecule has 3 aliphatic rings. The summed E-state index contributed by atoms with van der Waals surface area (Å²) in [5.41, 5.74) is 0.310. The number of likely N-dealkylation sites (tertiary alicyclic amines) is 1. The summed E-state index contributed by atoms with van der Waals surface area (Å²) in [6, 6.07) is 0. The molecule has 9 nitrogen and oxygen atoms in total. The Labute approximate surface area is 165 Å². The van der Waals surface area contributed by atoms with E-state index in [0.29, 0.717) is 19.0 Å². The van der Waals surface area contributed by atoms with E-state index in [-0.39, 0.29) is 22.4 Å². The first-order valence-corrected chi connectivity index (χ1v) is 10.1. The highest BCUT2D eigenvalue weighted by Gasteiger charge is 2.45. The van der Waals surface area contributed by atoms with Crippen molar-refractivity contribution in [1.29, 1.82) is 0 Å². The maximum atomic E-state index is 12.9. The summed E-state index contributed by atoms with van der Waals surface area (Å²) in [6.07, 6.45) is 6.47. The number of nitrogens with zero attached hydrogens (tertiary/aromatic N) is 3. The Bertz CT molecular complexity index is 1180. The fraction of sp³-hybridized carbons (Fsp3) is 0.550. The van der Waals surface area contributed by atoms with Crippen molar-refractivity contribution < 1.29 is 4.79 Å². The topological polar surface area (TPSA) is 121 Å². The lowest BCUT2D eigenvalue weighted by atomic mass is 9.76. The molecule has 1 saturated carbocycles. The van der Waals surface area contributed by atoms with Crippen molar-refractivity contribution in [2.45, 2.75) is 49.9 Å². The smallest absolute Gasteiger partial charge is 0.328 e. The Morgan fingerprint density at radius 1 is 1.10 bits per heavy atom. The van der Waals surface area contributed by atoms with E-state index in [2.05, 4.69) is 9.97 Å². The molecule has 1 spiro atoms. The summed E-state index contributed by atoms with van der Waals surface area (Å²) < 4.78 is 1.20. The molecule has 152 valence electrons. The van der Waals surface area contributed by atoms with Gasteiger partial charge in [0.15, 0.2) is 0 Å². The molecular formula is C20H23N5O4. The molecule has 2 fully saturated rings. The monoisotopic (exact) mass is 397 g/mol. The fourth-order valence-electron chi connectivity index (χ4n) is 4.73. The van der Waals surface area contributed by atoms with E-state index in [1.165, 1.54) is 17.8 Å². The Morgan fingerprint density at radius 2 is 1.83 bits per heavy atom. The van der Waals surface area contributed by atoms with Crippen molar-refractivity contribution in [3.63, 3.8) is 0 Å². The highest BCUT2D eigenvalue weighted by atomic mass is 16.2. The van der Waals surface area contributed by atoms with Gasteiger partial charge in [-0.1, -0.05) is 0 Å². The van der Waals surface area contributed by atoms with Crippen LogP contribution in [0.4, 0.5) is 0 Å². The quantitative estimate of drug-likeness (QED) is 0.747. The third kappa shape index (κ3) is 2.87. The Morgan fingerprint density at radius 3 is 2.52 bits per heavy atom. The van der Waals surface area contributed by atoms with Crippen LogP contribution in [0.5, 0.6) is 0 Å². The minimum absolute atomic E-state index is 0.0102. The van der Waals surface area contributed by atoms with Crippen LogP contribution >= 0.6 is 0 Å². The Kier molecular flexibility index (Phi) is 3.91. The number of fused-ring (bicyclic) bond motifs is 2. The molecule has 0 radical (unpaired) electrons. The minimum Gasteiger partial charge on any atom is -0.338 e. The van der Waals surface area contributed by atoms with Crippen LogP contribution in [0.25, 0.3) is 0 Å². The molecule has 29 heavy (non-hydrogen) atoms. The second-order valence-electron chi connectivity index (χ2n) is 8.54. The van der Waals surface area contributed by atoms with Crippen molar-refractivity contribution in [3.8, 4) is 0 Å². The van der Waals surface area contributed by atoms with Crippen LogP contribution in [0.15, 0.2) is 20.6 Å². The van der Waals surface area contributed by atoms with Crippen molar-refractivity contribution >= 4 is 5.91 Å². The number of aromatic nitrogens is 4. The van der Waals surface area contributed by atoms with Crippen LogP contribution in [0, 0.1) is 0 Å². The number of H-pyrrole nitrogens is 2. The summed E-state index contributed by atoms with van der Waals surface area (Å²) in [7, 11) is 1.50. The number of carbonyl (C=O) groups excluding carboxylic acids is 1. The van der Waals surface area contributed by atoms with E-state index < -0.39 is 11.2 Å². The number of aromatic amines is 2. The molecule has 3 heterocycles. The second-order valence-corrected chi connectivity index (χ2v) is 8.54.